The average molecular weight is 313 g/mol. The lowest BCUT2D eigenvalue weighted by Crippen LogP contribution is -1.99. The number of hydrogen-bond acceptors (Lipinski definition) is 3. The molecule has 2 N–H and O–H groups in total. The fraction of sp³-hybridized carbons (Fsp3) is 0.0588. The van der Waals surface area contributed by atoms with Crippen molar-refractivity contribution in [3.63, 3.8) is 0 Å². The lowest BCUT2D eigenvalue weighted by molar-refractivity contribution is 0.484. The van der Waals surface area contributed by atoms with E-state index in [0.29, 0.717) is 5.39 Å². The van der Waals surface area contributed by atoms with E-state index in [1.54, 1.807) is 18.2 Å². The molecule has 112 valence electrons. The summed E-state index contributed by atoms with van der Waals surface area (Å²) in [5.41, 5.74) is 2.83. The molecule has 3 aromatic rings. The summed E-state index contributed by atoms with van der Waals surface area (Å²) in [5.74, 6) is 0. The number of aryl methyl sites for hydroxylation is 1. The monoisotopic (exact) mass is 313 g/mol. The predicted octanol–water partition coefficient (Wildman–Crippen LogP) is 4.14. The van der Waals surface area contributed by atoms with Crippen molar-refractivity contribution in [2.75, 3.05) is 5.32 Å². The van der Waals surface area contributed by atoms with Crippen LogP contribution < -0.4 is 5.32 Å². The van der Waals surface area contributed by atoms with Crippen LogP contribution in [0.4, 0.5) is 11.4 Å². The minimum atomic E-state index is -4.25. The first-order chi connectivity index (χ1) is 10.4. The van der Waals surface area contributed by atoms with E-state index in [-0.39, 0.29) is 4.90 Å². The molecule has 0 aliphatic carbocycles. The van der Waals surface area contributed by atoms with Crippen molar-refractivity contribution < 1.29 is 13.0 Å². The molecule has 0 saturated carbocycles. The molecule has 0 aliphatic rings. The summed E-state index contributed by atoms with van der Waals surface area (Å²) >= 11 is 0. The molecule has 3 rings (SSSR count). The van der Waals surface area contributed by atoms with Crippen LogP contribution in [0.1, 0.15) is 5.56 Å². The van der Waals surface area contributed by atoms with Crippen molar-refractivity contribution in [3.8, 4) is 0 Å². The van der Waals surface area contributed by atoms with Crippen LogP contribution in [-0.4, -0.2) is 13.0 Å². The topological polar surface area (TPSA) is 66.4 Å². The van der Waals surface area contributed by atoms with Gasteiger partial charge in [0.05, 0.1) is 0 Å². The summed E-state index contributed by atoms with van der Waals surface area (Å²) in [6, 6.07) is 18.1. The maximum Gasteiger partial charge on any atom is 0.295 e. The average Bonchev–Trinajstić information content (AvgIpc) is 2.48. The Hall–Kier alpha value is -2.37. The zero-order valence-corrected chi connectivity index (χ0v) is 12.8. The first kappa shape index (κ1) is 14.6. The standard InChI is InChI=1S/C17H15NO3S/c1-12-5-8-14(9-6-12)18-15-10-7-13-3-2-4-17(16(13)11-15)22(19,20)21/h2-11,18H,1H3,(H,19,20,21). The van der Waals surface area contributed by atoms with Crippen molar-refractivity contribution in [2.24, 2.45) is 0 Å². The Morgan fingerprint density at radius 1 is 0.909 bits per heavy atom. The van der Waals surface area contributed by atoms with Crippen LogP contribution in [-0.2, 0) is 10.1 Å². The predicted molar refractivity (Wildman–Crippen MR) is 88.2 cm³/mol. The summed E-state index contributed by atoms with van der Waals surface area (Å²) in [7, 11) is -4.25. The molecular formula is C17H15NO3S. The van der Waals surface area contributed by atoms with E-state index in [9.17, 15) is 13.0 Å². The molecule has 0 bridgehead atoms. The zero-order valence-electron chi connectivity index (χ0n) is 11.9. The van der Waals surface area contributed by atoms with E-state index in [1.165, 1.54) is 6.07 Å². The van der Waals surface area contributed by atoms with Crippen LogP contribution in [0.2, 0.25) is 0 Å². The van der Waals surface area contributed by atoms with Gasteiger partial charge in [-0.25, -0.2) is 0 Å². The van der Waals surface area contributed by atoms with Crippen LogP contribution in [0.25, 0.3) is 10.8 Å². The Bertz CT molecular complexity index is 932. The van der Waals surface area contributed by atoms with Crippen molar-refractivity contribution in [1.29, 1.82) is 0 Å². The SMILES string of the molecule is Cc1ccc(Nc2ccc3cccc(S(=O)(=O)O)c3c2)cc1. The summed E-state index contributed by atoms with van der Waals surface area (Å²) in [6.07, 6.45) is 0. The maximum absolute atomic E-state index is 11.5. The molecule has 0 aromatic heterocycles. The second-order valence-electron chi connectivity index (χ2n) is 5.16. The zero-order chi connectivity index (χ0) is 15.7. The first-order valence-corrected chi connectivity index (χ1v) is 8.21. The second-order valence-corrected chi connectivity index (χ2v) is 6.55. The summed E-state index contributed by atoms with van der Waals surface area (Å²) in [6.45, 7) is 2.01. The smallest absolute Gasteiger partial charge is 0.295 e. The van der Waals surface area contributed by atoms with E-state index >= 15 is 0 Å². The van der Waals surface area contributed by atoms with Crippen LogP contribution >= 0.6 is 0 Å². The van der Waals surface area contributed by atoms with Gasteiger partial charge in [-0.3, -0.25) is 4.55 Å². The van der Waals surface area contributed by atoms with Gasteiger partial charge in [-0.1, -0.05) is 35.9 Å². The molecule has 0 atom stereocenters. The Morgan fingerprint density at radius 3 is 2.27 bits per heavy atom. The molecule has 0 fully saturated rings. The highest BCUT2D eigenvalue weighted by Gasteiger charge is 2.13. The molecule has 0 heterocycles. The molecule has 0 aliphatic heterocycles. The Morgan fingerprint density at radius 2 is 1.59 bits per heavy atom. The fourth-order valence-corrected chi connectivity index (χ4v) is 3.06. The van der Waals surface area contributed by atoms with E-state index in [1.807, 2.05) is 43.3 Å². The molecule has 22 heavy (non-hydrogen) atoms. The van der Waals surface area contributed by atoms with Gasteiger partial charge in [-0.05, 0) is 42.6 Å². The number of fused-ring (bicyclic) bond motifs is 1. The maximum atomic E-state index is 11.5. The highest BCUT2D eigenvalue weighted by molar-refractivity contribution is 7.86. The van der Waals surface area contributed by atoms with Gasteiger partial charge in [-0.15, -0.1) is 0 Å². The molecule has 0 radical (unpaired) electrons. The van der Waals surface area contributed by atoms with Crippen LogP contribution in [0.15, 0.2) is 65.6 Å². The number of hydrogen-bond donors (Lipinski definition) is 2. The van der Waals surface area contributed by atoms with Gasteiger partial charge in [0, 0.05) is 16.8 Å². The van der Waals surface area contributed by atoms with Gasteiger partial charge >= 0.3 is 0 Å². The van der Waals surface area contributed by atoms with Crippen molar-refractivity contribution in [1.82, 2.24) is 0 Å². The normalized spacial score (nSPS) is 11.5. The van der Waals surface area contributed by atoms with Gasteiger partial charge in [0.1, 0.15) is 4.90 Å². The molecule has 4 nitrogen and oxygen atoms in total. The Balaban J connectivity index is 2.07. The molecule has 0 saturated heterocycles. The summed E-state index contributed by atoms with van der Waals surface area (Å²) in [5, 5.41) is 4.47. The van der Waals surface area contributed by atoms with Crippen molar-refractivity contribution in [2.45, 2.75) is 11.8 Å². The van der Waals surface area contributed by atoms with Gasteiger partial charge in [0.15, 0.2) is 0 Å². The third kappa shape index (κ3) is 2.95. The van der Waals surface area contributed by atoms with Gasteiger partial charge in [0.25, 0.3) is 10.1 Å². The van der Waals surface area contributed by atoms with E-state index in [2.05, 4.69) is 5.32 Å². The summed E-state index contributed by atoms with van der Waals surface area (Å²) < 4.78 is 32.3. The number of benzene rings is 3. The second kappa shape index (κ2) is 5.44. The highest BCUT2D eigenvalue weighted by Crippen LogP contribution is 2.27. The van der Waals surface area contributed by atoms with E-state index in [0.717, 1.165) is 22.3 Å². The highest BCUT2D eigenvalue weighted by atomic mass is 32.2. The minimum Gasteiger partial charge on any atom is -0.356 e. The number of nitrogens with one attached hydrogen (secondary N) is 1. The van der Waals surface area contributed by atoms with Gasteiger partial charge in [-0.2, -0.15) is 8.42 Å². The third-order valence-electron chi connectivity index (χ3n) is 3.46. The third-order valence-corrected chi connectivity index (χ3v) is 4.37. The molecule has 0 unspecified atom stereocenters. The van der Waals surface area contributed by atoms with Crippen molar-refractivity contribution in [3.05, 3.63) is 66.2 Å². The van der Waals surface area contributed by atoms with Crippen LogP contribution in [0.3, 0.4) is 0 Å². The Kier molecular flexibility index (Phi) is 3.60. The molecule has 5 heteroatoms. The minimum absolute atomic E-state index is 0.0856. The van der Waals surface area contributed by atoms with E-state index < -0.39 is 10.1 Å². The Labute approximate surface area is 129 Å². The molecule has 3 aromatic carbocycles. The molecule has 0 spiro atoms. The van der Waals surface area contributed by atoms with Crippen LogP contribution in [0.5, 0.6) is 0 Å². The fourth-order valence-electron chi connectivity index (χ4n) is 2.35. The number of rotatable bonds is 3. The lowest BCUT2D eigenvalue weighted by Gasteiger charge is -2.09. The summed E-state index contributed by atoms with van der Waals surface area (Å²) in [4.78, 5) is -0.0856. The number of anilines is 2. The van der Waals surface area contributed by atoms with Crippen molar-refractivity contribution >= 4 is 32.3 Å². The largest absolute Gasteiger partial charge is 0.356 e. The lowest BCUT2D eigenvalue weighted by atomic mass is 10.1. The van der Waals surface area contributed by atoms with E-state index in [4.69, 9.17) is 0 Å². The van der Waals surface area contributed by atoms with Crippen LogP contribution in [0, 0.1) is 6.92 Å². The molecule has 0 amide bonds. The first-order valence-electron chi connectivity index (χ1n) is 6.77. The molecular weight excluding hydrogens is 298 g/mol. The quantitative estimate of drug-likeness (QED) is 0.713. The van der Waals surface area contributed by atoms with Gasteiger partial charge < -0.3 is 5.32 Å². The van der Waals surface area contributed by atoms with Gasteiger partial charge in [0.2, 0.25) is 0 Å².